The first kappa shape index (κ1) is 20.5. The highest BCUT2D eigenvalue weighted by molar-refractivity contribution is 8.00. The van der Waals surface area contributed by atoms with Crippen LogP contribution in [0.15, 0.2) is 22.7 Å². The molecule has 1 aromatic heterocycles. The van der Waals surface area contributed by atoms with Crippen LogP contribution in [0.4, 0.5) is 0 Å². The van der Waals surface area contributed by atoms with Gasteiger partial charge in [-0.2, -0.15) is 0 Å². The first-order valence-electron chi connectivity index (χ1n) is 7.49. The first-order valence-corrected chi connectivity index (χ1v) is 15.2. The molecule has 0 unspecified atom stereocenters. The zero-order chi connectivity index (χ0) is 17.3. The Morgan fingerprint density at radius 3 is 2.48 bits per heavy atom. The molecule has 1 heterocycles. The number of thioether (sulfide) groups is 1. The number of alkyl halides is 1. The number of nitrogens with zero attached hydrogens (tertiary/aromatic N) is 5. The minimum Gasteiger partial charge on any atom is -0.455 e. The van der Waals surface area contributed by atoms with E-state index >= 15 is 0 Å². The maximum atomic E-state index is 8.32. The topological polar surface area (TPSA) is 83.8 Å². The quantitative estimate of drug-likeness (QED) is 0.0825. The average molecular weight is 390 g/mol. The fourth-order valence-electron chi connectivity index (χ4n) is 2.17. The molecule has 23 heavy (non-hydrogen) atoms. The molecule has 0 aliphatic rings. The van der Waals surface area contributed by atoms with Crippen LogP contribution in [-0.2, 0) is 10.00 Å². The summed E-state index contributed by atoms with van der Waals surface area (Å²) in [7, 11) is -3.53. The van der Waals surface area contributed by atoms with E-state index in [1.807, 2.05) is 0 Å². The van der Waals surface area contributed by atoms with E-state index < -0.39 is 16.6 Å². The van der Waals surface area contributed by atoms with E-state index in [9.17, 15) is 0 Å². The zero-order valence-electron chi connectivity index (χ0n) is 14.1. The lowest BCUT2D eigenvalue weighted by Gasteiger charge is -2.33. The predicted octanol–water partition coefficient (Wildman–Crippen LogP) is 4.97. The molecule has 6 nitrogen and oxygen atoms in total. The standard InChI is InChI=1S/C13H24ClN5OSSi2/c1-22(2,7-5-6-18-19-15)20-23(3,4)11-21-13-16-9-12(8-14)10-17-13/h9-10H,5-8,11H2,1-4H3. The molecule has 0 aliphatic carbocycles. The second-order valence-electron chi connectivity index (χ2n) is 6.48. The third-order valence-corrected chi connectivity index (χ3v) is 13.2. The summed E-state index contributed by atoms with van der Waals surface area (Å²) in [5.74, 6) is 0.434. The Morgan fingerprint density at radius 2 is 1.91 bits per heavy atom. The molecular weight excluding hydrogens is 366 g/mol. The van der Waals surface area contributed by atoms with Gasteiger partial charge in [0.1, 0.15) is 0 Å². The minimum atomic E-state index is -1.80. The van der Waals surface area contributed by atoms with Gasteiger partial charge in [-0.05, 0) is 44.2 Å². The Hall–Kier alpha value is -0.576. The van der Waals surface area contributed by atoms with Gasteiger partial charge in [0, 0.05) is 34.8 Å². The SMILES string of the molecule is C[Si](C)(CCCN=[N+]=[N-])O[Si](C)(C)CSc1ncc(CCl)cn1. The van der Waals surface area contributed by atoms with Gasteiger partial charge >= 0.3 is 0 Å². The molecule has 10 heteroatoms. The molecule has 128 valence electrons. The number of aromatic nitrogens is 2. The Balaban J connectivity index is 2.48. The maximum Gasteiger partial charge on any atom is 0.187 e. The lowest BCUT2D eigenvalue weighted by Crippen LogP contribution is -2.46. The van der Waals surface area contributed by atoms with Crippen LogP contribution in [0.5, 0.6) is 0 Å². The molecule has 0 radical (unpaired) electrons. The first-order chi connectivity index (χ1) is 10.8. The highest BCUT2D eigenvalue weighted by atomic mass is 35.5. The zero-order valence-corrected chi connectivity index (χ0v) is 17.7. The van der Waals surface area contributed by atoms with Crippen molar-refractivity contribution >= 4 is 40.0 Å². The Kier molecular flexibility index (Phi) is 8.59. The monoisotopic (exact) mass is 389 g/mol. The molecule has 0 aliphatic heterocycles. The predicted molar refractivity (Wildman–Crippen MR) is 102 cm³/mol. The van der Waals surface area contributed by atoms with Crippen LogP contribution in [0.3, 0.4) is 0 Å². The van der Waals surface area contributed by atoms with Gasteiger partial charge in [0.15, 0.2) is 21.8 Å². The molecule has 0 bridgehead atoms. The normalized spacial score (nSPS) is 12.0. The van der Waals surface area contributed by atoms with Crippen LogP contribution in [0.1, 0.15) is 12.0 Å². The number of rotatable bonds is 10. The summed E-state index contributed by atoms with van der Waals surface area (Å²) in [5, 5.41) is 5.28. The molecule has 0 aromatic carbocycles. The summed E-state index contributed by atoms with van der Waals surface area (Å²) in [6.07, 6.45) is 4.43. The highest BCUT2D eigenvalue weighted by Gasteiger charge is 2.32. The van der Waals surface area contributed by atoms with E-state index in [-0.39, 0.29) is 0 Å². The molecule has 0 fully saturated rings. The van der Waals surface area contributed by atoms with Gasteiger partial charge in [0.25, 0.3) is 0 Å². The summed E-state index contributed by atoms with van der Waals surface area (Å²) < 4.78 is 6.52. The van der Waals surface area contributed by atoms with Crippen molar-refractivity contribution in [3.8, 4) is 0 Å². The summed E-state index contributed by atoms with van der Waals surface area (Å²) in [6.45, 7) is 9.47. The van der Waals surface area contributed by atoms with Crippen molar-refractivity contribution in [1.82, 2.24) is 9.97 Å². The molecule has 0 amide bonds. The van der Waals surface area contributed by atoms with Gasteiger partial charge in [-0.15, -0.1) is 11.6 Å². The van der Waals surface area contributed by atoms with Crippen molar-refractivity contribution in [1.29, 1.82) is 0 Å². The number of halogens is 1. The molecule has 0 saturated carbocycles. The van der Waals surface area contributed by atoms with E-state index in [4.69, 9.17) is 21.2 Å². The van der Waals surface area contributed by atoms with Crippen molar-refractivity contribution in [2.45, 2.75) is 49.7 Å². The van der Waals surface area contributed by atoms with Crippen molar-refractivity contribution < 1.29 is 4.12 Å². The lowest BCUT2D eigenvalue weighted by molar-refractivity contribution is 0.543. The Labute approximate surface area is 149 Å². The van der Waals surface area contributed by atoms with Crippen LogP contribution in [0.2, 0.25) is 32.2 Å². The van der Waals surface area contributed by atoms with Gasteiger partial charge < -0.3 is 4.12 Å². The molecule has 1 rings (SSSR count). The summed E-state index contributed by atoms with van der Waals surface area (Å²) in [5.41, 5.74) is 9.24. The van der Waals surface area contributed by atoms with Crippen LogP contribution >= 0.6 is 23.4 Å². The molecule has 0 atom stereocenters. The smallest absolute Gasteiger partial charge is 0.187 e. The van der Waals surface area contributed by atoms with Crippen LogP contribution in [0, 0.1) is 0 Å². The summed E-state index contributed by atoms with van der Waals surface area (Å²) in [6, 6.07) is 1.01. The third kappa shape index (κ3) is 8.73. The van der Waals surface area contributed by atoms with Gasteiger partial charge in [-0.3, -0.25) is 0 Å². The maximum absolute atomic E-state index is 8.32. The van der Waals surface area contributed by atoms with Gasteiger partial charge in [0.05, 0.1) is 5.88 Å². The summed E-state index contributed by atoms with van der Waals surface area (Å²) in [4.78, 5) is 11.4. The van der Waals surface area contributed by atoms with E-state index in [2.05, 4.69) is 46.2 Å². The van der Waals surface area contributed by atoms with Gasteiger partial charge in [-0.25, -0.2) is 9.97 Å². The minimum absolute atomic E-state index is 0.434. The highest BCUT2D eigenvalue weighted by Crippen LogP contribution is 2.25. The van der Waals surface area contributed by atoms with Gasteiger partial charge in [0.2, 0.25) is 0 Å². The van der Waals surface area contributed by atoms with E-state index in [0.717, 1.165) is 28.6 Å². The fraction of sp³-hybridized carbons (Fsp3) is 0.692. The molecule has 1 aromatic rings. The average Bonchev–Trinajstić information content (AvgIpc) is 2.49. The number of hydrogen-bond donors (Lipinski definition) is 0. The third-order valence-electron chi connectivity index (χ3n) is 3.04. The Bertz CT molecular complexity index is 538. The fourth-order valence-corrected chi connectivity index (χ4v) is 12.6. The van der Waals surface area contributed by atoms with Crippen LogP contribution in [0.25, 0.3) is 10.4 Å². The van der Waals surface area contributed by atoms with E-state index in [0.29, 0.717) is 12.4 Å². The van der Waals surface area contributed by atoms with Crippen molar-refractivity contribution in [3.05, 3.63) is 28.4 Å². The number of azide groups is 1. The molecular formula is C13H24ClN5OSSi2. The van der Waals surface area contributed by atoms with Gasteiger partial charge in [-0.1, -0.05) is 16.9 Å². The van der Waals surface area contributed by atoms with Crippen molar-refractivity contribution in [3.63, 3.8) is 0 Å². The van der Waals surface area contributed by atoms with Crippen LogP contribution in [-0.4, -0.2) is 38.5 Å². The molecule has 0 N–H and O–H groups in total. The van der Waals surface area contributed by atoms with Crippen molar-refractivity contribution in [2.24, 2.45) is 5.11 Å². The second-order valence-corrected chi connectivity index (χ2v) is 16.9. The van der Waals surface area contributed by atoms with Crippen LogP contribution < -0.4 is 0 Å². The lowest BCUT2D eigenvalue weighted by atomic mass is 10.4. The second kappa shape index (κ2) is 9.65. The number of hydrogen-bond acceptors (Lipinski definition) is 5. The molecule has 0 spiro atoms. The summed E-state index contributed by atoms with van der Waals surface area (Å²) >= 11 is 7.39. The van der Waals surface area contributed by atoms with E-state index in [1.54, 1.807) is 24.2 Å². The largest absolute Gasteiger partial charge is 0.455 e. The molecule has 0 saturated heterocycles. The Morgan fingerprint density at radius 1 is 1.26 bits per heavy atom. The van der Waals surface area contributed by atoms with E-state index in [1.165, 1.54) is 0 Å². The van der Waals surface area contributed by atoms with Crippen molar-refractivity contribution in [2.75, 3.05) is 11.9 Å².